The summed E-state index contributed by atoms with van der Waals surface area (Å²) in [6, 6.07) is -0.619. The summed E-state index contributed by atoms with van der Waals surface area (Å²) in [6.45, 7) is 2.92. The van der Waals surface area contributed by atoms with Crippen LogP contribution in [-0.4, -0.2) is 64.1 Å². The lowest BCUT2D eigenvalue weighted by Crippen LogP contribution is -2.42. The molecule has 0 aromatic carbocycles. The highest BCUT2D eigenvalue weighted by Gasteiger charge is 2.34. The van der Waals surface area contributed by atoms with Gasteiger partial charge in [-0.05, 0) is 25.9 Å². The van der Waals surface area contributed by atoms with Crippen molar-refractivity contribution in [2.24, 2.45) is 0 Å². The average molecular weight is 258 g/mol. The van der Waals surface area contributed by atoms with Gasteiger partial charge in [-0.1, -0.05) is 0 Å². The van der Waals surface area contributed by atoms with E-state index in [9.17, 15) is 9.59 Å². The molecule has 5 nitrogen and oxygen atoms in total. The Morgan fingerprint density at radius 1 is 1.29 bits per heavy atom. The van der Waals surface area contributed by atoms with Crippen LogP contribution in [0.25, 0.3) is 0 Å². The first-order valence-corrected chi connectivity index (χ1v) is 7.16. The SMILES string of the molecule is O=C(O)[C@@H]1CSCN1C(=O)CCN1CCCC1. The van der Waals surface area contributed by atoms with Gasteiger partial charge in [0.25, 0.3) is 0 Å². The molecule has 0 aromatic heterocycles. The first-order chi connectivity index (χ1) is 8.18. The van der Waals surface area contributed by atoms with Gasteiger partial charge in [-0.2, -0.15) is 0 Å². The zero-order chi connectivity index (χ0) is 12.3. The smallest absolute Gasteiger partial charge is 0.327 e. The van der Waals surface area contributed by atoms with Crippen LogP contribution >= 0.6 is 11.8 Å². The molecule has 1 amide bonds. The molecule has 0 aliphatic carbocycles. The van der Waals surface area contributed by atoms with Crippen LogP contribution in [0.5, 0.6) is 0 Å². The second-order valence-electron chi connectivity index (χ2n) is 4.52. The average Bonchev–Trinajstić information content (AvgIpc) is 2.96. The maximum atomic E-state index is 11.9. The number of carboxylic acid groups (broad SMARTS) is 1. The number of likely N-dealkylation sites (tertiary alicyclic amines) is 1. The van der Waals surface area contributed by atoms with Crippen LogP contribution in [0.4, 0.5) is 0 Å². The molecule has 1 atom stereocenters. The van der Waals surface area contributed by atoms with Gasteiger partial charge in [0, 0.05) is 18.7 Å². The van der Waals surface area contributed by atoms with E-state index in [-0.39, 0.29) is 5.91 Å². The van der Waals surface area contributed by atoms with Gasteiger partial charge in [0.1, 0.15) is 6.04 Å². The Kier molecular flexibility index (Phi) is 4.28. The summed E-state index contributed by atoms with van der Waals surface area (Å²) in [5.74, 6) is 0.138. The standard InChI is InChI=1S/C11H18N2O3S/c14-10(3-6-12-4-1-2-5-12)13-8-17-7-9(13)11(15)16/h9H,1-8H2,(H,15,16)/t9-/m0/s1. The van der Waals surface area contributed by atoms with Gasteiger partial charge in [-0.3, -0.25) is 4.79 Å². The summed E-state index contributed by atoms with van der Waals surface area (Å²) in [4.78, 5) is 26.7. The first-order valence-electron chi connectivity index (χ1n) is 6.01. The summed E-state index contributed by atoms with van der Waals surface area (Å²) in [5.41, 5.74) is 0. The Hall–Kier alpha value is -0.750. The first kappa shape index (κ1) is 12.7. The Labute approximate surface area is 105 Å². The summed E-state index contributed by atoms with van der Waals surface area (Å²) < 4.78 is 0. The number of hydrogen-bond acceptors (Lipinski definition) is 4. The normalized spacial score (nSPS) is 25.4. The van der Waals surface area contributed by atoms with Crippen molar-refractivity contribution in [3.05, 3.63) is 0 Å². The molecule has 2 fully saturated rings. The molecule has 2 saturated heterocycles. The van der Waals surface area contributed by atoms with Gasteiger partial charge in [0.05, 0.1) is 5.88 Å². The van der Waals surface area contributed by atoms with E-state index in [1.807, 2.05) is 0 Å². The molecule has 2 heterocycles. The number of carboxylic acids is 1. The molecule has 0 aromatic rings. The molecule has 2 aliphatic heterocycles. The van der Waals surface area contributed by atoms with E-state index in [0.717, 1.165) is 19.6 Å². The predicted octanol–water partition coefficient (Wildman–Crippen LogP) is 0.458. The molecule has 0 spiro atoms. The van der Waals surface area contributed by atoms with Gasteiger partial charge in [0.2, 0.25) is 5.91 Å². The van der Waals surface area contributed by atoms with Crippen LogP contribution in [0.1, 0.15) is 19.3 Å². The monoisotopic (exact) mass is 258 g/mol. The summed E-state index contributed by atoms with van der Waals surface area (Å²) in [5, 5.41) is 8.99. The molecule has 1 N–H and O–H groups in total. The number of hydrogen-bond donors (Lipinski definition) is 1. The fraction of sp³-hybridized carbons (Fsp3) is 0.818. The van der Waals surface area contributed by atoms with Crippen molar-refractivity contribution in [2.75, 3.05) is 31.3 Å². The minimum atomic E-state index is -0.885. The van der Waals surface area contributed by atoms with Crippen LogP contribution < -0.4 is 0 Å². The minimum absolute atomic E-state index is 0.0192. The second-order valence-corrected chi connectivity index (χ2v) is 5.52. The molecule has 0 saturated carbocycles. The van der Waals surface area contributed by atoms with E-state index in [2.05, 4.69) is 4.90 Å². The highest BCUT2D eigenvalue weighted by molar-refractivity contribution is 7.99. The van der Waals surface area contributed by atoms with E-state index in [4.69, 9.17) is 5.11 Å². The number of amides is 1. The Bertz CT molecular complexity index is 305. The van der Waals surface area contributed by atoms with E-state index in [1.165, 1.54) is 29.5 Å². The van der Waals surface area contributed by atoms with Crippen molar-refractivity contribution in [2.45, 2.75) is 25.3 Å². The lowest BCUT2D eigenvalue weighted by Gasteiger charge is -2.22. The van der Waals surface area contributed by atoms with E-state index in [1.54, 1.807) is 0 Å². The Morgan fingerprint density at radius 3 is 2.65 bits per heavy atom. The van der Waals surface area contributed by atoms with Crippen molar-refractivity contribution in [1.29, 1.82) is 0 Å². The van der Waals surface area contributed by atoms with E-state index < -0.39 is 12.0 Å². The summed E-state index contributed by atoms with van der Waals surface area (Å²) in [7, 11) is 0. The molecular weight excluding hydrogens is 240 g/mol. The van der Waals surface area contributed by atoms with E-state index in [0.29, 0.717) is 18.1 Å². The third kappa shape index (κ3) is 3.13. The fourth-order valence-electron chi connectivity index (χ4n) is 2.30. The van der Waals surface area contributed by atoms with Crippen LogP contribution in [0.2, 0.25) is 0 Å². The molecule has 2 aliphatic rings. The molecule has 0 unspecified atom stereocenters. The summed E-state index contributed by atoms with van der Waals surface area (Å²) in [6.07, 6.45) is 2.88. The largest absolute Gasteiger partial charge is 0.480 e. The Morgan fingerprint density at radius 2 is 2.00 bits per heavy atom. The fourth-order valence-corrected chi connectivity index (χ4v) is 3.47. The maximum Gasteiger partial charge on any atom is 0.327 e. The van der Waals surface area contributed by atoms with Crippen molar-refractivity contribution >= 4 is 23.6 Å². The van der Waals surface area contributed by atoms with Crippen LogP contribution in [0, 0.1) is 0 Å². The predicted molar refractivity (Wildman–Crippen MR) is 65.9 cm³/mol. The van der Waals surface area contributed by atoms with Crippen molar-refractivity contribution in [1.82, 2.24) is 9.80 Å². The van der Waals surface area contributed by atoms with Crippen molar-refractivity contribution in [3.63, 3.8) is 0 Å². The number of aliphatic carboxylic acids is 1. The van der Waals surface area contributed by atoms with Crippen molar-refractivity contribution < 1.29 is 14.7 Å². The molecule has 2 rings (SSSR count). The minimum Gasteiger partial charge on any atom is -0.480 e. The maximum absolute atomic E-state index is 11.9. The third-order valence-corrected chi connectivity index (χ3v) is 4.34. The highest BCUT2D eigenvalue weighted by atomic mass is 32.2. The number of thioether (sulfide) groups is 1. The number of rotatable bonds is 4. The summed E-state index contributed by atoms with van der Waals surface area (Å²) >= 11 is 1.52. The molecule has 0 radical (unpaired) electrons. The highest BCUT2D eigenvalue weighted by Crippen LogP contribution is 2.22. The van der Waals surface area contributed by atoms with Gasteiger partial charge in [-0.25, -0.2) is 4.79 Å². The van der Waals surface area contributed by atoms with E-state index >= 15 is 0 Å². The number of carbonyl (C=O) groups is 2. The second kappa shape index (κ2) is 5.73. The molecule has 96 valence electrons. The lowest BCUT2D eigenvalue weighted by atomic mass is 10.2. The van der Waals surface area contributed by atoms with Crippen molar-refractivity contribution in [3.8, 4) is 0 Å². The molecule has 0 bridgehead atoms. The van der Waals surface area contributed by atoms with Gasteiger partial charge in [0.15, 0.2) is 0 Å². The number of carbonyl (C=O) groups excluding carboxylic acids is 1. The van der Waals surface area contributed by atoms with Gasteiger partial charge >= 0.3 is 5.97 Å². The quantitative estimate of drug-likeness (QED) is 0.793. The zero-order valence-corrected chi connectivity index (χ0v) is 10.6. The van der Waals surface area contributed by atoms with Gasteiger partial charge < -0.3 is 14.9 Å². The van der Waals surface area contributed by atoms with Crippen LogP contribution in [0.3, 0.4) is 0 Å². The number of nitrogens with zero attached hydrogens (tertiary/aromatic N) is 2. The molecule has 6 heteroatoms. The third-order valence-electron chi connectivity index (χ3n) is 3.33. The molecular formula is C11H18N2O3S. The lowest BCUT2D eigenvalue weighted by molar-refractivity contribution is -0.147. The topological polar surface area (TPSA) is 60.9 Å². The van der Waals surface area contributed by atoms with Crippen LogP contribution in [0.15, 0.2) is 0 Å². The van der Waals surface area contributed by atoms with Crippen LogP contribution in [-0.2, 0) is 9.59 Å². The zero-order valence-electron chi connectivity index (χ0n) is 9.80. The Balaban J connectivity index is 1.80. The van der Waals surface area contributed by atoms with Gasteiger partial charge in [-0.15, -0.1) is 11.8 Å². The molecule has 17 heavy (non-hydrogen) atoms.